The minimum Gasteiger partial charge on any atom is -0.508 e. The highest BCUT2D eigenvalue weighted by atomic mass is 16.7. The number of hydrogen-bond donors (Lipinski definition) is 1. The van der Waals surface area contributed by atoms with E-state index in [2.05, 4.69) is 13.0 Å². The lowest BCUT2D eigenvalue weighted by Crippen LogP contribution is -2.41. The molecule has 1 aliphatic rings. The van der Waals surface area contributed by atoms with Gasteiger partial charge in [0.1, 0.15) is 5.75 Å². The molecule has 1 N–H and O–H groups in total. The SMILES string of the molecule is CCCCc1cc(O)c(B2OC(C)(C)C(C)(C)O2)c(COCc2ccccc2)c1. The lowest BCUT2D eigenvalue weighted by atomic mass is 9.74. The van der Waals surface area contributed by atoms with Gasteiger partial charge < -0.3 is 19.2 Å². The van der Waals surface area contributed by atoms with E-state index in [4.69, 9.17) is 14.0 Å². The minimum atomic E-state index is -0.615. The summed E-state index contributed by atoms with van der Waals surface area (Å²) in [7, 11) is -0.615. The van der Waals surface area contributed by atoms with E-state index < -0.39 is 18.3 Å². The van der Waals surface area contributed by atoms with Gasteiger partial charge in [-0.1, -0.05) is 49.7 Å². The summed E-state index contributed by atoms with van der Waals surface area (Å²) in [5, 5.41) is 10.9. The molecule has 0 aromatic heterocycles. The monoisotopic (exact) mass is 396 g/mol. The van der Waals surface area contributed by atoms with E-state index in [1.165, 1.54) is 0 Å². The van der Waals surface area contributed by atoms with Crippen molar-refractivity contribution in [3.05, 3.63) is 59.2 Å². The van der Waals surface area contributed by atoms with Crippen LogP contribution in [0.3, 0.4) is 0 Å². The van der Waals surface area contributed by atoms with Crippen molar-refractivity contribution in [3.8, 4) is 5.75 Å². The second-order valence-electron chi connectivity index (χ2n) is 8.86. The Morgan fingerprint density at radius 1 is 0.931 bits per heavy atom. The van der Waals surface area contributed by atoms with E-state index >= 15 is 0 Å². The van der Waals surface area contributed by atoms with Crippen molar-refractivity contribution in [2.24, 2.45) is 0 Å². The van der Waals surface area contributed by atoms with Gasteiger partial charge in [-0.05, 0) is 63.3 Å². The third-order valence-electron chi connectivity index (χ3n) is 5.98. The molecule has 3 rings (SSSR count). The molecule has 0 aliphatic carbocycles. The number of rotatable bonds is 8. The molecular weight excluding hydrogens is 363 g/mol. The van der Waals surface area contributed by atoms with Crippen LogP contribution in [0.4, 0.5) is 0 Å². The first kappa shape index (κ1) is 21.9. The summed E-state index contributed by atoms with van der Waals surface area (Å²) in [5.74, 6) is 0.218. The van der Waals surface area contributed by atoms with E-state index in [0.717, 1.165) is 36.0 Å². The molecule has 2 aromatic rings. The van der Waals surface area contributed by atoms with Gasteiger partial charge in [-0.15, -0.1) is 0 Å². The molecule has 1 heterocycles. The molecule has 29 heavy (non-hydrogen) atoms. The van der Waals surface area contributed by atoms with Crippen molar-refractivity contribution in [1.29, 1.82) is 0 Å². The molecule has 1 aliphatic heterocycles. The first-order valence-electron chi connectivity index (χ1n) is 10.6. The first-order chi connectivity index (χ1) is 13.7. The fourth-order valence-corrected chi connectivity index (χ4v) is 3.49. The van der Waals surface area contributed by atoms with Gasteiger partial charge in [0.05, 0.1) is 24.4 Å². The van der Waals surface area contributed by atoms with Crippen molar-refractivity contribution >= 4 is 12.6 Å². The summed E-state index contributed by atoms with van der Waals surface area (Å²) < 4.78 is 18.4. The molecule has 5 heteroatoms. The second-order valence-corrected chi connectivity index (χ2v) is 8.86. The van der Waals surface area contributed by atoms with Gasteiger partial charge in [0.2, 0.25) is 0 Å². The van der Waals surface area contributed by atoms with Crippen LogP contribution < -0.4 is 5.46 Å². The maximum atomic E-state index is 10.9. The Morgan fingerprint density at radius 3 is 2.21 bits per heavy atom. The van der Waals surface area contributed by atoms with Gasteiger partial charge in [0.25, 0.3) is 0 Å². The zero-order chi connectivity index (χ0) is 21.1. The quantitative estimate of drug-likeness (QED) is 0.655. The average molecular weight is 396 g/mol. The third kappa shape index (κ3) is 5.03. The number of hydrogen-bond acceptors (Lipinski definition) is 4. The summed E-state index contributed by atoms with van der Waals surface area (Å²) in [5.41, 5.74) is 2.90. The highest BCUT2D eigenvalue weighted by Crippen LogP contribution is 2.37. The minimum absolute atomic E-state index is 0.218. The molecule has 0 unspecified atom stereocenters. The summed E-state index contributed by atoms with van der Waals surface area (Å²) in [4.78, 5) is 0. The predicted octanol–water partition coefficient (Wildman–Crippen LogP) is 4.75. The molecule has 0 radical (unpaired) electrons. The zero-order valence-corrected chi connectivity index (χ0v) is 18.3. The topological polar surface area (TPSA) is 47.9 Å². The predicted molar refractivity (Wildman–Crippen MR) is 117 cm³/mol. The summed E-state index contributed by atoms with van der Waals surface area (Å²) in [6, 6.07) is 14.1. The Hall–Kier alpha value is -1.82. The summed E-state index contributed by atoms with van der Waals surface area (Å²) in [6.07, 6.45) is 3.12. The lowest BCUT2D eigenvalue weighted by molar-refractivity contribution is 0.00578. The second kappa shape index (κ2) is 8.91. The van der Waals surface area contributed by atoms with Crippen LogP contribution in [0.2, 0.25) is 0 Å². The van der Waals surface area contributed by atoms with E-state index in [1.807, 2.05) is 64.1 Å². The van der Waals surface area contributed by atoms with E-state index in [1.54, 1.807) is 0 Å². The molecule has 2 aromatic carbocycles. The molecule has 1 fully saturated rings. The number of phenolic OH excluding ortho intramolecular Hbond substituents is 1. The number of aryl methyl sites for hydroxylation is 1. The van der Waals surface area contributed by atoms with Crippen LogP contribution in [0.25, 0.3) is 0 Å². The molecule has 156 valence electrons. The Bertz CT molecular complexity index is 801. The molecular formula is C24H33BO4. The zero-order valence-electron chi connectivity index (χ0n) is 18.3. The Kier molecular flexibility index (Phi) is 6.72. The third-order valence-corrected chi connectivity index (χ3v) is 5.98. The van der Waals surface area contributed by atoms with Crippen LogP contribution in [-0.4, -0.2) is 23.4 Å². The van der Waals surface area contributed by atoms with Crippen molar-refractivity contribution in [1.82, 2.24) is 0 Å². The fraction of sp³-hybridized carbons (Fsp3) is 0.500. The van der Waals surface area contributed by atoms with Crippen LogP contribution in [0, 0.1) is 0 Å². The molecule has 0 saturated carbocycles. The van der Waals surface area contributed by atoms with Crippen molar-refractivity contribution in [3.63, 3.8) is 0 Å². The van der Waals surface area contributed by atoms with Gasteiger partial charge in [-0.25, -0.2) is 0 Å². The molecule has 4 nitrogen and oxygen atoms in total. The smallest absolute Gasteiger partial charge is 0.499 e. The van der Waals surface area contributed by atoms with Crippen molar-refractivity contribution < 1.29 is 19.2 Å². The molecule has 0 amide bonds. The number of unbranched alkanes of at least 4 members (excludes halogenated alkanes) is 1. The Balaban J connectivity index is 1.85. The van der Waals surface area contributed by atoms with Crippen LogP contribution in [0.5, 0.6) is 5.75 Å². The normalized spacial score (nSPS) is 17.6. The maximum Gasteiger partial charge on any atom is 0.499 e. The summed E-state index contributed by atoms with van der Waals surface area (Å²) in [6.45, 7) is 11.2. The van der Waals surface area contributed by atoms with E-state index in [0.29, 0.717) is 18.7 Å². The number of ether oxygens (including phenoxy) is 1. The molecule has 0 spiro atoms. The highest BCUT2D eigenvalue weighted by molar-refractivity contribution is 6.63. The van der Waals surface area contributed by atoms with Crippen molar-refractivity contribution in [2.45, 2.75) is 78.3 Å². The summed E-state index contributed by atoms with van der Waals surface area (Å²) >= 11 is 0. The Morgan fingerprint density at radius 2 is 1.59 bits per heavy atom. The largest absolute Gasteiger partial charge is 0.508 e. The Labute approximate surface area is 175 Å². The van der Waals surface area contributed by atoms with E-state index in [9.17, 15) is 5.11 Å². The van der Waals surface area contributed by atoms with E-state index in [-0.39, 0.29) is 5.75 Å². The highest BCUT2D eigenvalue weighted by Gasteiger charge is 2.53. The number of phenols is 1. The van der Waals surface area contributed by atoms with Crippen LogP contribution in [-0.2, 0) is 33.7 Å². The van der Waals surface area contributed by atoms with Crippen LogP contribution >= 0.6 is 0 Å². The van der Waals surface area contributed by atoms with Gasteiger partial charge in [0, 0.05) is 5.46 Å². The first-order valence-corrected chi connectivity index (χ1v) is 10.6. The van der Waals surface area contributed by atoms with Gasteiger partial charge in [-0.2, -0.15) is 0 Å². The van der Waals surface area contributed by atoms with Gasteiger partial charge in [-0.3, -0.25) is 0 Å². The number of aromatic hydroxyl groups is 1. The van der Waals surface area contributed by atoms with Crippen LogP contribution in [0.1, 0.15) is 64.2 Å². The van der Waals surface area contributed by atoms with Gasteiger partial charge >= 0.3 is 7.12 Å². The lowest BCUT2D eigenvalue weighted by Gasteiger charge is -2.32. The molecule has 0 atom stereocenters. The standard InChI is InChI=1S/C24H33BO4/c1-6-7-11-19-14-20(17-27-16-18-12-9-8-10-13-18)22(21(26)15-19)25-28-23(2,3)24(4,5)29-25/h8-10,12-15,26H,6-7,11,16-17H2,1-5H3. The fourth-order valence-electron chi connectivity index (χ4n) is 3.49. The average Bonchev–Trinajstić information content (AvgIpc) is 2.87. The number of benzene rings is 2. The molecule has 0 bridgehead atoms. The maximum absolute atomic E-state index is 10.9. The molecule has 1 saturated heterocycles. The van der Waals surface area contributed by atoms with Crippen molar-refractivity contribution in [2.75, 3.05) is 0 Å². The van der Waals surface area contributed by atoms with Crippen LogP contribution in [0.15, 0.2) is 42.5 Å². The van der Waals surface area contributed by atoms with Gasteiger partial charge in [0.15, 0.2) is 0 Å².